The third-order valence-corrected chi connectivity index (χ3v) is 3.91. The van der Waals surface area contributed by atoms with Crippen LogP contribution in [0.4, 0.5) is 0 Å². The van der Waals surface area contributed by atoms with Gasteiger partial charge in [-0.1, -0.05) is 30.3 Å². The molecule has 2 N–H and O–H groups in total. The van der Waals surface area contributed by atoms with Crippen molar-refractivity contribution in [2.45, 2.75) is 32.7 Å². The van der Waals surface area contributed by atoms with Gasteiger partial charge in [0.15, 0.2) is 5.96 Å². The van der Waals surface area contributed by atoms with Crippen molar-refractivity contribution in [3.63, 3.8) is 0 Å². The predicted molar refractivity (Wildman–Crippen MR) is 104 cm³/mol. The third kappa shape index (κ3) is 7.65. The molecule has 7 heteroatoms. The third-order valence-electron chi connectivity index (χ3n) is 3.91. The predicted octanol–water partition coefficient (Wildman–Crippen LogP) is 1.91. The molecule has 0 aliphatic rings. The minimum atomic E-state index is 0.508. The molecule has 0 bridgehead atoms. The second-order valence-electron chi connectivity index (χ2n) is 5.98. The lowest BCUT2D eigenvalue weighted by Gasteiger charge is -2.11. The van der Waals surface area contributed by atoms with Crippen molar-refractivity contribution < 1.29 is 4.74 Å². The minimum Gasteiger partial charge on any atom is -0.381 e. The number of aliphatic imine (C=N–C) groups is 1. The summed E-state index contributed by atoms with van der Waals surface area (Å²) in [5.41, 5.74) is 1.32. The van der Waals surface area contributed by atoms with Gasteiger partial charge in [-0.05, 0) is 31.7 Å². The van der Waals surface area contributed by atoms with Crippen molar-refractivity contribution in [1.29, 1.82) is 0 Å². The first kappa shape index (κ1) is 19.9. The largest absolute Gasteiger partial charge is 0.381 e. The van der Waals surface area contributed by atoms with Gasteiger partial charge in [-0.3, -0.25) is 4.68 Å². The highest BCUT2D eigenvalue weighted by Gasteiger charge is 2.01. The van der Waals surface area contributed by atoms with Gasteiger partial charge < -0.3 is 15.4 Å². The zero-order valence-corrected chi connectivity index (χ0v) is 15.8. The number of aryl methyl sites for hydroxylation is 1. The summed E-state index contributed by atoms with van der Waals surface area (Å²) in [5, 5.41) is 10.6. The Labute approximate surface area is 155 Å². The number of rotatable bonds is 11. The molecule has 1 aromatic carbocycles. The van der Waals surface area contributed by atoms with E-state index in [4.69, 9.17) is 4.74 Å². The number of nitrogens with one attached hydrogen (secondary N) is 2. The molecule has 0 amide bonds. The molecule has 1 aromatic heterocycles. The highest BCUT2D eigenvalue weighted by atomic mass is 16.5. The second-order valence-corrected chi connectivity index (χ2v) is 5.98. The van der Waals surface area contributed by atoms with Gasteiger partial charge in [0.1, 0.15) is 18.7 Å². The fourth-order valence-electron chi connectivity index (χ4n) is 2.43. The first-order chi connectivity index (χ1) is 12.8. The molecule has 0 saturated carbocycles. The standard InChI is InChI=1S/C19H30N6O/c1-3-20-19(22-15-18-23-16-24-25(18)2)21-12-7-8-13-26-14-11-17-9-5-4-6-10-17/h4-6,9-10,16H,3,7-8,11-15H2,1-2H3,(H2,20,21,22). The van der Waals surface area contributed by atoms with Crippen LogP contribution in [-0.2, 0) is 24.8 Å². The van der Waals surface area contributed by atoms with Crippen LogP contribution in [0.25, 0.3) is 0 Å². The van der Waals surface area contributed by atoms with E-state index < -0.39 is 0 Å². The van der Waals surface area contributed by atoms with Crippen LogP contribution in [0.2, 0.25) is 0 Å². The lowest BCUT2D eigenvalue weighted by atomic mass is 10.2. The van der Waals surface area contributed by atoms with Crippen LogP contribution in [0, 0.1) is 0 Å². The van der Waals surface area contributed by atoms with E-state index in [9.17, 15) is 0 Å². The van der Waals surface area contributed by atoms with Crippen LogP contribution in [0.3, 0.4) is 0 Å². The SMILES string of the molecule is CCNC(=NCc1ncnn1C)NCCCCOCCc1ccccc1. The molecule has 1 heterocycles. The van der Waals surface area contributed by atoms with E-state index in [1.807, 2.05) is 13.1 Å². The number of guanidine groups is 1. The molecule has 0 atom stereocenters. The summed E-state index contributed by atoms with van der Waals surface area (Å²) in [7, 11) is 1.87. The van der Waals surface area contributed by atoms with Crippen LogP contribution < -0.4 is 10.6 Å². The van der Waals surface area contributed by atoms with Crippen LogP contribution in [-0.4, -0.2) is 47.0 Å². The normalized spacial score (nSPS) is 11.5. The number of aromatic nitrogens is 3. The summed E-state index contributed by atoms with van der Waals surface area (Å²) < 4.78 is 7.45. The number of hydrogen-bond acceptors (Lipinski definition) is 4. The lowest BCUT2D eigenvalue weighted by molar-refractivity contribution is 0.133. The van der Waals surface area contributed by atoms with Crippen LogP contribution in [0.15, 0.2) is 41.7 Å². The molecule has 0 aliphatic heterocycles. The van der Waals surface area contributed by atoms with Gasteiger partial charge in [0.2, 0.25) is 0 Å². The van der Waals surface area contributed by atoms with Crippen molar-refractivity contribution in [3.8, 4) is 0 Å². The average molecular weight is 358 g/mol. The molecule has 7 nitrogen and oxygen atoms in total. The molecule has 0 radical (unpaired) electrons. The van der Waals surface area contributed by atoms with E-state index in [0.29, 0.717) is 6.54 Å². The topological polar surface area (TPSA) is 76.4 Å². The summed E-state index contributed by atoms with van der Waals surface area (Å²) in [6.07, 6.45) is 4.59. The van der Waals surface area contributed by atoms with Gasteiger partial charge in [-0.2, -0.15) is 5.10 Å². The van der Waals surface area contributed by atoms with Crippen LogP contribution >= 0.6 is 0 Å². The fourth-order valence-corrected chi connectivity index (χ4v) is 2.43. The zero-order valence-electron chi connectivity index (χ0n) is 15.8. The van der Waals surface area contributed by atoms with E-state index in [0.717, 1.165) is 57.3 Å². The van der Waals surface area contributed by atoms with Gasteiger partial charge in [0.05, 0.1) is 6.61 Å². The molecule has 0 aliphatic carbocycles. The molecule has 142 valence electrons. The monoisotopic (exact) mass is 358 g/mol. The van der Waals surface area contributed by atoms with Gasteiger partial charge >= 0.3 is 0 Å². The lowest BCUT2D eigenvalue weighted by Crippen LogP contribution is -2.37. The Kier molecular flexibility index (Phi) is 9.21. The van der Waals surface area contributed by atoms with E-state index >= 15 is 0 Å². The highest BCUT2D eigenvalue weighted by molar-refractivity contribution is 5.79. The van der Waals surface area contributed by atoms with Crippen molar-refractivity contribution in [2.24, 2.45) is 12.0 Å². The Bertz CT molecular complexity index is 640. The van der Waals surface area contributed by atoms with Gasteiger partial charge in [-0.15, -0.1) is 0 Å². The fraction of sp³-hybridized carbons (Fsp3) is 0.526. The summed E-state index contributed by atoms with van der Waals surface area (Å²) >= 11 is 0. The van der Waals surface area contributed by atoms with Gasteiger partial charge in [-0.25, -0.2) is 9.98 Å². The Morgan fingerprint density at radius 1 is 1.15 bits per heavy atom. The molecule has 2 aromatic rings. The van der Waals surface area contributed by atoms with Crippen molar-refractivity contribution in [1.82, 2.24) is 25.4 Å². The molecule has 0 unspecified atom stereocenters. The summed E-state index contributed by atoms with van der Waals surface area (Å²) in [6.45, 7) is 5.83. The van der Waals surface area contributed by atoms with Crippen molar-refractivity contribution >= 4 is 5.96 Å². The zero-order chi connectivity index (χ0) is 18.5. The van der Waals surface area contributed by atoms with E-state index in [1.54, 1.807) is 11.0 Å². The summed E-state index contributed by atoms with van der Waals surface area (Å²) in [6, 6.07) is 10.4. The van der Waals surface area contributed by atoms with Gasteiger partial charge in [0.25, 0.3) is 0 Å². The van der Waals surface area contributed by atoms with Gasteiger partial charge in [0, 0.05) is 26.7 Å². The van der Waals surface area contributed by atoms with Crippen LogP contribution in [0.1, 0.15) is 31.2 Å². The maximum atomic E-state index is 5.71. The molecular formula is C19H30N6O. The average Bonchev–Trinajstić information content (AvgIpc) is 3.07. The Morgan fingerprint density at radius 2 is 2.00 bits per heavy atom. The number of benzene rings is 1. The Hall–Kier alpha value is -2.41. The quantitative estimate of drug-likeness (QED) is 0.365. The molecule has 0 saturated heterocycles. The highest BCUT2D eigenvalue weighted by Crippen LogP contribution is 2.00. The van der Waals surface area contributed by atoms with E-state index in [-0.39, 0.29) is 0 Å². The summed E-state index contributed by atoms with van der Waals surface area (Å²) in [4.78, 5) is 8.72. The van der Waals surface area contributed by atoms with E-state index in [2.05, 4.69) is 56.9 Å². The minimum absolute atomic E-state index is 0.508. The Morgan fingerprint density at radius 3 is 2.73 bits per heavy atom. The van der Waals surface area contributed by atoms with Crippen molar-refractivity contribution in [3.05, 3.63) is 48.0 Å². The van der Waals surface area contributed by atoms with Crippen molar-refractivity contribution in [2.75, 3.05) is 26.3 Å². The molecule has 2 rings (SSSR count). The first-order valence-electron chi connectivity index (χ1n) is 9.26. The number of nitrogens with zero attached hydrogens (tertiary/aromatic N) is 4. The second kappa shape index (κ2) is 12.0. The smallest absolute Gasteiger partial charge is 0.191 e. The summed E-state index contributed by atoms with van der Waals surface area (Å²) in [5.74, 6) is 1.65. The molecular weight excluding hydrogens is 328 g/mol. The molecule has 26 heavy (non-hydrogen) atoms. The maximum Gasteiger partial charge on any atom is 0.191 e. The molecule has 0 fully saturated rings. The number of hydrogen-bond donors (Lipinski definition) is 2. The Balaban J connectivity index is 1.55. The maximum absolute atomic E-state index is 5.71. The first-order valence-corrected chi connectivity index (χ1v) is 9.26. The molecule has 0 spiro atoms. The number of ether oxygens (including phenoxy) is 1. The number of unbranched alkanes of at least 4 members (excludes halogenated alkanes) is 1. The van der Waals surface area contributed by atoms with Crippen LogP contribution in [0.5, 0.6) is 0 Å². The van der Waals surface area contributed by atoms with E-state index in [1.165, 1.54) is 5.56 Å².